The lowest BCUT2D eigenvalue weighted by molar-refractivity contribution is 0.104. The Morgan fingerprint density at radius 2 is 1.71 bits per heavy atom. The second-order valence-corrected chi connectivity index (χ2v) is 6.76. The van der Waals surface area contributed by atoms with Crippen LogP contribution in [0.1, 0.15) is 15.2 Å². The number of nitrogens with zero attached hydrogens (tertiary/aromatic N) is 1. The van der Waals surface area contributed by atoms with E-state index in [1.807, 2.05) is 36.4 Å². The molecule has 2 aromatic carbocycles. The van der Waals surface area contributed by atoms with Crippen LogP contribution in [-0.4, -0.2) is 10.8 Å². The van der Waals surface area contributed by atoms with Gasteiger partial charge in [0.05, 0.1) is 4.88 Å². The van der Waals surface area contributed by atoms with E-state index in [-0.39, 0.29) is 5.78 Å². The highest BCUT2D eigenvalue weighted by atomic mass is 79.9. The van der Waals surface area contributed by atoms with E-state index in [0.29, 0.717) is 15.5 Å². The predicted octanol–water partition coefficient (Wildman–Crippen LogP) is 5.46. The van der Waals surface area contributed by atoms with E-state index in [4.69, 9.17) is 11.6 Å². The number of aromatic nitrogens is 1. The number of hydrogen-bond donors (Lipinski definition) is 0. The Hall–Kier alpha value is -1.49. The van der Waals surface area contributed by atoms with Gasteiger partial charge in [-0.05, 0) is 36.4 Å². The molecule has 0 N–H and O–H groups in total. The summed E-state index contributed by atoms with van der Waals surface area (Å²) in [4.78, 5) is 17.3. The van der Waals surface area contributed by atoms with Crippen molar-refractivity contribution in [3.8, 4) is 10.6 Å². The molecule has 0 saturated carbocycles. The van der Waals surface area contributed by atoms with Crippen molar-refractivity contribution in [2.45, 2.75) is 0 Å². The number of benzene rings is 2. The van der Waals surface area contributed by atoms with Crippen molar-refractivity contribution >= 4 is 44.7 Å². The topological polar surface area (TPSA) is 30.0 Å². The van der Waals surface area contributed by atoms with Gasteiger partial charge in [0.1, 0.15) is 5.01 Å². The summed E-state index contributed by atoms with van der Waals surface area (Å²) < 4.78 is 0.949. The van der Waals surface area contributed by atoms with Crippen molar-refractivity contribution in [3.63, 3.8) is 0 Å². The maximum atomic E-state index is 12.4. The van der Waals surface area contributed by atoms with Crippen molar-refractivity contribution in [2.75, 3.05) is 0 Å². The Labute approximate surface area is 139 Å². The molecular weight excluding hydrogens is 370 g/mol. The number of carbonyl (C=O) groups excluding carboxylic acids is 1. The monoisotopic (exact) mass is 377 g/mol. The molecule has 0 aliphatic carbocycles. The van der Waals surface area contributed by atoms with Crippen LogP contribution in [0.5, 0.6) is 0 Å². The first-order valence-electron chi connectivity index (χ1n) is 6.15. The Kier molecular flexibility index (Phi) is 4.19. The molecule has 0 spiro atoms. The molecule has 1 aromatic heterocycles. The van der Waals surface area contributed by atoms with Gasteiger partial charge in [0, 0.05) is 26.8 Å². The summed E-state index contributed by atoms with van der Waals surface area (Å²) in [6, 6.07) is 14.7. The number of thiazole rings is 1. The summed E-state index contributed by atoms with van der Waals surface area (Å²) in [5.41, 5.74) is 1.61. The highest BCUT2D eigenvalue weighted by Gasteiger charge is 2.13. The van der Waals surface area contributed by atoms with E-state index < -0.39 is 0 Å². The zero-order valence-electron chi connectivity index (χ0n) is 10.7. The van der Waals surface area contributed by atoms with Gasteiger partial charge in [0.15, 0.2) is 0 Å². The molecule has 104 valence electrons. The van der Waals surface area contributed by atoms with Gasteiger partial charge in [-0.15, -0.1) is 11.3 Å². The van der Waals surface area contributed by atoms with E-state index in [0.717, 1.165) is 15.0 Å². The van der Waals surface area contributed by atoms with Crippen LogP contribution in [0.3, 0.4) is 0 Å². The molecule has 5 heteroatoms. The van der Waals surface area contributed by atoms with Crippen molar-refractivity contribution in [1.82, 2.24) is 4.98 Å². The lowest BCUT2D eigenvalue weighted by atomic mass is 10.1. The molecule has 0 amide bonds. The molecule has 21 heavy (non-hydrogen) atoms. The van der Waals surface area contributed by atoms with Crippen LogP contribution in [0.25, 0.3) is 10.6 Å². The molecule has 0 aliphatic rings. The summed E-state index contributed by atoms with van der Waals surface area (Å²) in [5.74, 6) is -0.0137. The van der Waals surface area contributed by atoms with Crippen LogP contribution in [0.4, 0.5) is 0 Å². The zero-order valence-corrected chi connectivity index (χ0v) is 13.9. The third kappa shape index (κ3) is 3.23. The average molecular weight is 379 g/mol. The number of ketones is 1. The maximum Gasteiger partial charge on any atom is 0.204 e. The third-order valence-corrected chi connectivity index (χ3v) is 4.75. The molecule has 0 aliphatic heterocycles. The number of halogens is 2. The lowest BCUT2D eigenvalue weighted by Gasteiger charge is -1.98. The largest absolute Gasteiger partial charge is 0.288 e. The fraction of sp³-hybridized carbons (Fsp3) is 0. The summed E-state index contributed by atoms with van der Waals surface area (Å²) >= 11 is 10.6. The van der Waals surface area contributed by atoms with Gasteiger partial charge in [-0.1, -0.05) is 39.7 Å². The highest BCUT2D eigenvalue weighted by molar-refractivity contribution is 9.10. The van der Waals surface area contributed by atoms with E-state index >= 15 is 0 Å². The van der Waals surface area contributed by atoms with Crippen LogP contribution in [0.2, 0.25) is 5.02 Å². The van der Waals surface area contributed by atoms with Crippen molar-refractivity contribution in [2.24, 2.45) is 0 Å². The summed E-state index contributed by atoms with van der Waals surface area (Å²) in [6.45, 7) is 0. The third-order valence-electron chi connectivity index (χ3n) is 2.93. The first-order chi connectivity index (χ1) is 10.1. The van der Waals surface area contributed by atoms with Crippen molar-refractivity contribution in [3.05, 3.63) is 74.7 Å². The average Bonchev–Trinajstić information content (AvgIpc) is 2.98. The number of carbonyl (C=O) groups is 1. The molecule has 0 atom stereocenters. The van der Waals surface area contributed by atoms with Crippen LogP contribution < -0.4 is 0 Å². The van der Waals surface area contributed by atoms with Gasteiger partial charge in [-0.2, -0.15) is 0 Å². The van der Waals surface area contributed by atoms with Crippen LogP contribution in [-0.2, 0) is 0 Å². The van der Waals surface area contributed by atoms with E-state index in [1.165, 1.54) is 11.3 Å². The SMILES string of the molecule is O=C(c1ccc(Br)cc1)c1cnc(-c2ccc(Cl)cc2)s1. The minimum absolute atomic E-state index is 0.0137. The van der Waals surface area contributed by atoms with E-state index in [1.54, 1.807) is 18.3 Å². The Balaban J connectivity index is 1.89. The van der Waals surface area contributed by atoms with Crippen molar-refractivity contribution in [1.29, 1.82) is 0 Å². The van der Waals surface area contributed by atoms with Gasteiger partial charge in [-0.3, -0.25) is 4.79 Å². The Morgan fingerprint density at radius 3 is 2.38 bits per heavy atom. The standard InChI is InChI=1S/C16H9BrClNOS/c17-12-5-1-10(2-6-12)15(20)14-9-19-16(21-14)11-3-7-13(18)8-4-11/h1-9H. The Bertz CT molecular complexity index is 781. The summed E-state index contributed by atoms with van der Waals surface area (Å²) in [5, 5.41) is 1.49. The highest BCUT2D eigenvalue weighted by Crippen LogP contribution is 2.27. The van der Waals surface area contributed by atoms with Gasteiger partial charge in [0.25, 0.3) is 0 Å². The molecule has 0 radical (unpaired) electrons. The lowest BCUT2D eigenvalue weighted by Crippen LogP contribution is -1.97. The fourth-order valence-electron chi connectivity index (χ4n) is 1.85. The molecule has 0 bridgehead atoms. The molecule has 3 rings (SSSR count). The molecule has 0 fully saturated rings. The Morgan fingerprint density at radius 1 is 1.05 bits per heavy atom. The maximum absolute atomic E-state index is 12.4. The molecule has 1 heterocycles. The smallest absolute Gasteiger partial charge is 0.204 e. The molecule has 2 nitrogen and oxygen atoms in total. The number of rotatable bonds is 3. The minimum Gasteiger partial charge on any atom is -0.288 e. The number of hydrogen-bond acceptors (Lipinski definition) is 3. The molecular formula is C16H9BrClNOS. The quantitative estimate of drug-likeness (QED) is 0.567. The second-order valence-electron chi connectivity index (χ2n) is 4.37. The van der Waals surface area contributed by atoms with Gasteiger partial charge >= 0.3 is 0 Å². The van der Waals surface area contributed by atoms with Crippen LogP contribution >= 0.6 is 38.9 Å². The molecule has 3 aromatic rings. The molecule has 0 saturated heterocycles. The van der Waals surface area contributed by atoms with Crippen LogP contribution in [0, 0.1) is 0 Å². The fourth-order valence-corrected chi connectivity index (χ4v) is 3.12. The normalized spacial score (nSPS) is 10.6. The predicted molar refractivity (Wildman–Crippen MR) is 90.1 cm³/mol. The zero-order chi connectivity index (χ0) is 14.8. The van der Waals surface area contributed by atoms with Gasteiger partial charge < -0.3 is 0 Å². The molecule has 0 unspecified atom stereocenters. The summed E-state index contributed by atoms with van der Waals surface area (Å²) in [7, 11) is 0. The van der Waals surface area contributed by atoms with E-state index in [2.05, 4.69) is 20.9 Å². The first kappa shape index (κ1) is 14.4. The first-order valence-corrected chi connectivity index (χ1v) is 8.14. The summed E-state index contributed by atoms with van der Waals surface area (Å²) in [6.07, 6.45) is 1.62. The van der Waals surface area contributed by atoms with Gasteiger partial charge in [-0.25, -0.2) is 4.98 Å². The second kappa shape index (κ2) is 6.10. The minimum atomic E-state index is -0.0137. The van der Waals surface area contributed by atoms with Gasteiger partial charge in [0.2, 0.25) is 5.78 Å². The van der Waals surface area contributed by atoms with Crippen LogP contribution in [0.15, 0.2) is 59.2 Å². The van der Waals surface area contributed by atoms with Crippen molar-refractivity contribution < 1.29 is 4.79 Å². The van der Waals surface area contributed by atoms with E-state index in [9.17, 15) is 4.79 Å².